The number of aliphatic imine (C=N–C) groups is 1. The van der Waals surface area contributed by atoms with E-state index in [1.807, 2.05) is 18.2 Å². The number of amides is 2. The topological polar surface area (TPSA) is 59.0 Å². The van der Waals surface area contributed by atoms with Crippen LogP contribution in [0.1, 0.15) is 50.2 Å². The lowest BCUT2D eigenvalue weighted by molar-refractivity contribution is -0.133. The predicted molar refractivity (Wildman–Crippen MR) is 107 cm³/mol. The summed E-state index contributed by atoms with van der Waals surface area (Å²) in [5, 5.41) is 0.520. The van der Waals surface area contributed by atoms with Gasteiger partial charge in [0.15, 0.2) is 5.17 Å². The minimum Gasteiger partial charge on any atom is -0.493 e. The number of aryl methyl sites for hydroxylation is 2. The monoisotopic (exact) mass is 376 g/mol. The molecule has 6 heteroatoms. The predicted octanol–water partition coefficient (Wildman–Crippen LogP) is 4.11. The molecule has 0 bridgehead atoms. The number of benzene rings is 1. The van der Waals surface area contributed by atoms with Gasteiger partial charge < -0.3 is 4.74 Å². The number of hydrogen-bond acceptors (Lipinski definition) is 4. The van der Waals surface area contributed by atoms with Crippen LogP contribution >= 0.6 is 11.8 Å². The van der Waals surface area contributed by atoms with E-state index in [1.54, 1.807) is 4.90 Å². The summed E-state index contributed by atoms with van der Waals surface area (Å²) in [6, 6.07) is 6.02. The van der Waals surface area contributed by atoms with Crippen LogP contribution in [-0.4, -0.2) is 40.8 Å². The highest BCUT2D eigenvalue weighted by molar-refractivity contribution is 8.13. The van der Waals surface area contributed by atoms with Crippen molar-refractivity contribution >= 4 is 28.7 Å². The number of rotatable bonds is 9. The molecule has 0 N–H and O–H groups in total. The second kappa shape index (κ2) is 10.4. The van der Waals surface area contributed by atoms with Crippen molar-refractivity contribution in [2.45, 2.75) is 52.9 Å². The van der Waals surface area contributed by atoms with Gasteiger partial charge in [-0.15, -0.1) is 0 Å². The van der Waals surface area contributed by atoms with Gasteiger partial charge in [-0.05, 0) is 43.5 Å². The van der Waals surface area contributed by atoms with Crippen molar-refractivity contribution in [3.8, 4) is 5.75 Å². The third kappa shape index (κ3) is 6.16. The Kier molecular flexibility index (Phi) is 8.16. The van der Waals surface area contributed by atoms with Crippen molar-refractivity contribution in [2.75, 3.05) is 18.9 Å². The fourth-order valence-electron chi connectivity index (χ4n) is 2.66. The van der Waals surface area contributed by atoms with Crippen LogP contribution < -0.4 is 4.74 Å². The van der Waals surface area contributed by atoms with E-state index in [9.17, 15) is 9.59 Å². The summed E-state index contributed by atoms with van der Waals surface area (Å²) in [5.74, 6) is 0.983. The third-order valence-corrected chi connectivity index (χ3v) is 5.29. The number of amidine groups is 1. The first-order valence-electron chi connectivity index (χ1n) is 9.26. The van der Waals surface area contributed by atoms with E-state index in [0.717, 1.165) is 31.4 Å². The van der Waals surface area contributed by atoms with Crippen LogP contribution in [0.5, 0.6) is 5.75 Å². The summed E-state index contributed by atoms with van der Waals surface area (Å²) >= 11 is 1.41. The van der Waals surface area contributed by atoms with Gasteiger partial charge in [-0.2, -0.15) is 4.99 Å². The molecule has 142 valence electrons. The largest absolute Gasteiger partial charge is 0.493 e. The van der Waals surface area contributed by atoms with Crippen molar-refractivity contribution in [1.82, 2.24) is 4.90 Å². The molecule has 5 nitrogen and oxygen atoms in total. The van der Waals surface area contributed by atoms with Crippen molar-refractivity contribution in [3.63, 3.8) is 0 Å². The smallest absolute Gasteiger partial charge is 0.257 e. The summed E-state index contributed by atoms with van der Waals surface area (Å²) in [7, 11) is 0. The number of thioether (sulfide) groups is 1. The molecule has 1 aliphatic heterocycles. The van der Waals surface area contributed by atoms with Gasteiger partial charge in [0.05, 0.1) is 6.61 Å². The van der Waals surface area contributed by atoms with Gasteiger partial charge in [0.2, 0.25) is 5.91 Å². The Bertz CT molecular complexity index is 673. The summed E-state index contributed by atoms with van der Waals surface area (Å²) in [4.78, 5) is 29.6. The number of ether oxygens (including phenoxy) is 1. The molecule has 0 aliphatic carbocycles. The molecule has 0 aromatic heterocycles. The summed E-state index contributed by atoms with van der Waals surface area (Å²) < 4.78 is 5.77. The Hall–Kier alpha value is -1.82. The average molecular weight is 377 g/mol. The van der Waals surface area contributed by atoms with Crippen LogP contribution in [0.3, 0.4) is 0 Å². The van der Waals surface area contributed by atoms with Crippen molar-refractivity contribution in [3.05, 3.63) is 29.3 Å². The molecule has 0 spiro atoms. The maximum absolute atomic E-state index is 12.2. The van der Waals surface area contributed by atoms with Gasteiger partial charge in [-0.3, -0.25) is 14.5 Å². The normalized spacial score (nSPS) is 14.6. The lowest BCUT2D eigenvalue weighted by Gasteiger charge is -2.26. The van der Waals surface area contributed by atoms with Gasteiger partial charge in [-0.1, -0.05) is 44.0 Å². The highest BCUT2D eigenvalue weighted by atomic mass is 32.2. The first-order chi connectivity index (χ1) is 12.5. The van der Waals surface area contributed by atoms with Crippen LogP contribution in [0.2, 0.25) is 0 Å². The maximum atomic E-state index is 12.2. The van der Waals surface area contributed by atoms with E-state index in [1.165, 1.54) is 22.9 Å². The molecular formula is C20H28N2O3S. The first kappa shape index (κ1) is 20.5. The van der Waals surface area contributed by atoms with E-state index in [2.05, 4.69) is 25.8 Å². The Balaban J connectivity index is 1.84. The molecule has 2 rings (SSSR count). The highest BCUT2D eigenvalue weighted by Crippen LogP contribution is 2.19. The molecule has 0 saturated carbocycles. The quantitative estimate of drug-likeness (QED) is 0.481. The number of hydrogen-bond donors (Lipinski definition) is 0. The Morgan fingerprint density at radius 3 is 2.69 bits per heavy atom. The van der Waals surface area contributed by atoms with Crippen LogP contribution in [-0.2, 0) is 9.59 Å². The molecule has 0 fully saturated rings. The highest BCUT2D eigenvalue weighted by Gasteiger charge is 2.27. The van der Waals surface area contributed by atoms with E-state index in [0.29, 0.717) is 24.1 Å². The second-order valence-corrected chi connectivity index (χ2v) is 7.58. The third-order valence-electron chi connectivity index (χ3n) is 4.35. The molecule has 1 aromatic carbocycles. The van der Waals surface area contributed by atoms with Gasteiger partial charge in [0.1, 0.15) is 12.2 Å². The van der Waals surface area contributed by atoms with Gasteiger partial charge in [-0.25, -0.2) is 0 Å². The SMILES string of the molecule is CCCCCCN1C(=O)CC(=O)N=C1SCCOc1ccc(C)c(C)c1. The Labute approximate surface area is 160 Å². The number of nitrogens with zero attached hydrogens (tertiary/aromatic N) is 2. The van der Waals surface area contributed by atoms with Gasteiger partial charge >= 0.3 is 0 Å². The zero-order valence-electron chi connectivity index (χ0n) is 15.9. The van der Waals surface area contributed by atoms with Crippen molar-refractivity contribution < 1.29 is 14.3 Å². The van der Waals surface area contributed by atoms with Crippen LogP contribution in [0.4, 0.5) is 0 Å². The molecular weight excluding hydrogens is 348 g/mol. The van der Waals surface area contributed by atoms with E-state index >= 15 is 0 Å². The van der Waals surface area contributed by atoms with E-state index < -0.39 is 0 Å². The summed E-state index contributed by atoms with van der Waals surface area (Å²) in [6.07, 6.45) is 4.22. The molecule has 2 amide bonds. The molecule has 0 unspecified atom stereocenters. The molecule has 1 aliphatic rings. The van der Waals surface area contributed by atoms with Crippen molar-refractivity contribution in [2.24, 2.45) is 4.99 Å². The molecule has 1 aromatic rings. The molecule has 0 saturated heterocycles. The Morgan fingerprint density at radius 2 is 1.96 bits per heavy atom. The van der Waals surface area contributed by atoms with Crippen LogP contribution in [0.25, 0.3) is 0 Å². The van der Waals surface area contributed by atoms with E-state index in [4.69, 9.17) is 4.74 Å². The fraction of sp³-hybridized carbons (Fsp3) is 0.550. The fourth-order valence-corrected chi connectivity index (χ4v) is 3.53. The number of carbonyl (C=O) groups is 2. The lowest BCUT2D eigenvalue weighted by atomic mass is 10.1. The standard InChI is InChI=1S/C20H28N2O3S/c1-4-5-6-7-10-22-19(24)14-18(23)21-20(22)26-12-11-25-17-9-8-15(2)16(3)13-17/h8-9,13H,4-7,10-12,14H2,1-3H3. The zero-order valence-corrected chi connectivity index (χ0v) is 16.7. The van der Waals surface area contributed by atoms with Gasteiger partial charge in [0.25, 0.3) is 5.91 Å². The molecule has 26 heavy (non-hydrogen) atoms. The van der Waals surface area contributed by atoms with E-state index in [-0.39, 0.29) is 18.2 Å². The minimum absolute atomic E-state index is 0.114. The molecule has 0 radical (unpaired) electrons. The second-order valence-electron chi connectivity index (χ2n) is 6.51. The molecule has 1 heterocycles. The summed E-state index contributed by atoms with van der Waals surface area (Å²) in [6.45, 7) is 7.41. The Morgan fingerprint density at radius 1 is 1.15 bits per heavy atom. The van der Waals surface area contributed by atoms with Crippen LogP contribution in [0, 0.1) is 13.8 Å². The first-order valence-corrected chi connectivity index (χ1v) is 10.2. The summed E-state index contributed by atoms with van der Waals surface area (Å²) in [5.41, 5.74) is 2.43. The zero-order chi connectivity index (χ0) is 18.9. The number of carbonyl (C=O) groups excluding carboxylic acids is 2. The van der Waals surface area contributed by atoms with Crippen molar-refractivity contribution in [1.29, 1.82) is 0 Å². The van der Waals surface area contributed by atoms with Crippen LogP contribution in [0.15, 0.2) is 23.2 Å². The maximum Gasteiger partial charge on any atom is 0.257 e. The minimum atomic E-state index is -0.350. The molecule has 0 atom stereocenters. The number of unbranched alkanes of at least 4 members (excludes halogenated alkanes) is 3. The lowest BCUT2D eigenvalue weighted by Crippen LogP contribution is -2.41. The average Bonchev–Trinajstić information content (AvgIpc) is 2.60. The van der Waals surface area contributed by atoms with Gasteiger partial charge in [0, 0.05) is 12.3 Å².